The van der Waals surface area contributed by atoms with Crippen molar-refractivity contribution in [2.45, 2.75) is 32.1 Å². The molecule has 4 aromatic rings. The van der Waals surface area contributed by atoms with Crippen LogP contribution in [-0.4, -0.2) is 47.1 Å². The average molecular weight is 509 g/mol. The summed E-state index contributed by atoms with van der Waals surface area (Å²) in [4.78, 5) is 29.8. The van der Waals surface area contributed by atoms with Crippen LogP contribution in [0.3, 0.4) is 0 Å². The molecule has 0 unspecified atom stereocenters. The molecule has 0 spiro atoms. The number of nitrogens with zero attached hydrogens (tertiary/aromatic N) is 5. The van der Waals surface area contributed by atoms with Crippen molar-refractivity contribution in [3.05, 3.63) is 82.0 Å². The van der Waals surface area contributed by atoms with E-state index in [9.17, 15) is 4.79 Å². The molecule has 186 valence electrons. The number of aryl methyl sites for hydroxylation is 2. The highest BCUT2D eigenvalue weighted by molar-refractivity contribution is 7.19. The van der Waals surface area contributed by atoms with E-state index in [2.05, 4.69) is 40.6 Å². The zero-order valence-corrected chi connectivity index (χ0v) is 21.4. The summed E-state index contributed by atoms with van der Waals surface area (Å²) in [6.07, 6.45) is 5.38. The van der Waals surface area contributed by atoms with Crippen molar-refractivity contribution in [1.29, 1.82) is 5.26 Å². The number of hydrogen-bond acceptors (Lipinski definition) is 6. The maximum atomic E-state index is 12.9. The predicted molar refractivity (Wildman–Crippen MR) is 147 cm³/mol. The molecule has 2 aromatic heterocycles. The summed E-state index contributed by atoms with van der Waals surface area (Å²) in [5, 5.41) is 13.3. The molecule has 0 radical (unpaired) electrons. The van der Waals surface area contributed by atoms with Gasteiger partial charge < -0.3 is 15.1 Å². The van der Waals surface area contributed by atoms with Crippen LogP contribution < -0.4 is 10.2 Å². The van der Waals surface area contributed by atoms with E-state index < -0.39 is 0 Å². The van der Waals surface area contributed by atoms with Crippen LogP contribution in [0, 0.1) is 11.3 Å². The summed E-state index contributed by atoms with van der Waals surface area (Å²) in [6, 6.07) is 19.4. The van der Waals surface area contributed by atoms with Gasteiger partial charge in [-0.25, -0.2) is 14.8 Å². The Bertz CT molecular complexity index is 1480. The molecule has 1 aliphatic heterocycles. The van der Waals surface area contributed by atoms with Crippen molar-refractivity contribution in [3.8, 4) is 6.07 Å². The van der Waals surface area contributed by atoms with Gasteiger partial charge in [-0.05, 0) is 55.0 Å². The zero-order chi connectivity index (χ0) is 25.2. The molecular weight excluding hydrogens is 480 g/mol. The van der Waals surface area contributed by atoms with Crippen molar-refractivity contribution >= 4 is 39.1 Å². The van der Waals surface area contributed by atoms with Crippen LogP contribution in [0.25, 0.3) is 10.2 Å². The van der Waals surface area contributed by atoms with Gasteiger partial charge in [0.05, 0.1) is 17.0 Å². The SMILES string of the molecule is N#Cc1cccc(NC(=O)N2CCN(c3nc(Cc4ccccc4)nc4sc5c(c34)CCCC5)CC2)c1. The van der Waals surface area contributed by atoms with E-state index in [-0.39, 0.29) is 6.03 Å². The summed E-state index contributed by atoms with van der Waals surface area (Å²) in [7, 11) is 0. The number of urea groups is 1. The molecule has 0 atom stereocenters. The Morgan fingerprint density at radius 1 is 1.00 bits per heavy atom. The first-order valence-corrected chi connectivity index (χ1v) is 13.7. The number of hydrogen-bond donors (Lipinski definition) is 1. The molecule has 7 nitrogen and oxygen atoms in total. The molecule has 0 bridgehead atoms. The van der Waals surface area contributed by atoms with Gasteiger partial charge in [-0.1, -0.05) is 36.4 Å². The van der Waals surface area contributed by atoms with E-state index in [1.807, 2.05) is 22.3 Å². The fourth-order valence-electron chi connectivity index (χ4n) is 5.26. The second-order valence-electron chi connectivity index (χ2n) is 9.61. The molecule has 1 aliphatic carbocycles. The van der Waals surface area contributed by atoms with Gasteiger partial charge in [-0.15, -0.1) is 11.3 Å². The predicted octanol–water partition coefficient (Wildman–Crippen LogP) is 5.39. The highest BCUT2D eigenvalue weighted by atomic mass is 32.1. The molecule has 1 saturated heterocycles. The minimum atomic E-state index is -0.139. The monoisotopic (exact) mass is 508 g/mol. The van der Waals surface area contributed by atoms with Gasteiger partial charge >= 0.3 is 6.03 Å². The lowest BCUT2D eigenvalue weighted by atomic mass is 9.96. The molecule has 1 fully saturated rings. The van der Waals surface area contributed by atoms with Crippen LogP contribution in [0.1, 0.15) is 40.2 Å². The Morgan fingerprint density at radius 3 is 2.62 bits per heavy atom. The number of carbonyl (C=O) groups excluding carboxylic acids is 1. The van der Waals surface area contributed by atoms with Gasteiger partial charge in [0.1, 0.15) is 16.5 Å². The highest BCUT2D eigenvalue weighted by Crippen LogP contribution is 2.40. The maximum Gasteiger partial charge on any atom is 0.321 e. The van der Waals surface area contributed by atoms with Gasteiger partial charge in [0.15, 0.2) is 0 Å². The van der Waals surface area contributed by atoms with Crippen molar-refractivity contribution < 1.29 is 4.79 Å². The lowest BCUT2D eigenvalue weighted by molar-refractivity contribution is 0.208. The minimum absolute atomic E-state index is 0.139. The molecule has 2 aliphatic rings. The second kappa shape index (κ2) is 10.2. The molecule has 2 amide bonds. The number of thiophene rings is 1. The Labute approximate surface area is 220 Å². The second-order valence-corrected chi connectivity index (χ2v) is 10.7. The molecule has 8 heteroatoms. The van der Waals surface area contributed by atoms with Crippen molar-refractivity contribution in [2.24, 2.45) is 0 Å². The molecule has 37 heavy (non-hydrogen) atoms. The summed E-state index contributed by atoms with van der Waals surface area (Å²) in [5.41, 5.74) is 3.81. The average Bonchev–Trinajstić information content (AvgIpc) is 3.32. The largest absolute Gasteiger partial charge is 0.352 e. The fourth-order valence-corrected chi connectivity index (χ4v) is 6.53. The quantitative estimate of drug-likeness (QED) is 0.400. The molecule has 1 N–H and O–H groups in total. The zero-order valence-electron chi connectivity index (χ0n) is 20.6. The molecule has 6 rings (SSSR count). The Kier molecular flexibility index (Phi) is 6.46. The highest BCUT2D eigenvalue weighted by Gasteiger charge is 2.27. The summed E-state index contributed by atoms with van der Waals surface area (Å²) >= 11 is 1.84. The van der Waals surface area contributed by atoms with E-state index in [1.165, 1.54) is 34.2 Å². The Morgan fingerprint density at radius 2 is 1.81 bits per heavy atom. The van der Waals surface area contributed by atoms with Crippen LogP contribution >= 0.6 is 11.3 Å². The number of amides is 2. The topological polar surface area (TPSA) is 85.2 Å². The molecule has 2 aromatic carbocycles. The summed E-state index contributed by atoms with van der Waals surface area (Å²) in [5.74, 6) is 1.88. The standard InChI is InChI=1S/C29H28N6OS/c30-19-21-9-6-10-22(17-21)31-29(36)35-15-13-34(14-16-35)27-26-23-11-4-5-12-24(23)37-28(26)33-25(32-27)18-20-7-2-1-3-8-20/h1-3,6-10,17H,4-5,11-16,18H2,(H,31,36). The summed E-state index contributed by atoms with van der Waals surface area (Å²) in [6.45, 7) is 2.64. The lowest BCUT2D eigenvalue weighted by Gasteiger charge is -2.36. The minimum Gasteiger partial charge on any atom is -0.352 e. The van der Waals surface area contributed by atoms with Crippen molar-refractivity contribution in [1.82, 2.24) is 14.9 Å². The smallest absolute Gasteiger partial charge is 0.321 e. The number of aromatic nitrogens is 2. The van der Waals surface area contributed by atoms with Crippen LogP contribution in [0.5, 0.6) is 0 Å². The van der Waals surface area contributed by atoms with E-state index in [0.717, 1.165) is 29.3 Å². The van der Waals surface area contributed by atoms with Crippen molar-refractivity contribution in [2.75, 3.05) is 36.4 Å². The third kappa shape index (κ3) is 4.87. The van der Waals surface area contributed by atoms with Gasteiger partial charge in [-0.3, -0.25) is 0 Å². The van der Waals surface area contributed by atoms with E-state index in [0.29, 0.717) is 43.9 Å². The van der Waals surface area contributed by atoms with E-state index >= 15 is 0 Å². The third-order valence-electron chi connectivity index (χ3n) is 7.16. The van der Waals surface area contributed by atoms with Crippen LogP contribution in [-0.2, 0) is 19.3 Å². The number of piperazine rings is 1. The maximum absolute atomic E-state index is 12.9. The van der Waals surface area contributed by atoms with Gasteiger partial charge in [0.2, 0.25) is 0 Å². The van der Waals surface area contributed by atoms with Gasteiger partial charge in [0.25, 0.3) is 0 Å². The number of nitriles is 1. The normalized spacial score (nSPS) is 15.3. The first-order chi connectivity index (χ1) is 18.2. The lowest BCUT2D eigenvalue weighted by Crippen LogP contribution is -2.50. The fraction of sp³-hybridized carbons (Fsp3) is 0.310. The van der Waals surface area contributed by atoms with Crippen LogP contribution in [0.4, 0.5) is 16.3 Å². The first-order valence-electron chi connectivity index (χ1n) is 12.8. The Hall–Kier alpha value is -3.96. The Balaban J connectivity index is 1.24. The molecule has 3 heterocycles. The van der Waals surface area contributed by atoms with Crippen molar-refractivity contribution in [3.63, 3.8) is 0 Å². The van der Waals surface area contributed by atoms with Crippen LogP contribution in [0.2, 0.25) is 0 Å². The summed E-state index contributed by atoms with van der Waals surface area (Å²) < 4.78 is 0. The first kappa shape index (κ1) is 23.4. The molecule has 0 saturated carbocycles. The van der Waals surface area contributed by atoms with Crippen LogP contribution in [0.15, 0.2) is 54.6 Å². The van der Waals surface area contributed by atoms with E-state index in [1.54, 1.807) is 24.3 Å². The number of carbonyl (C=O) groups is 1. The number of rotatable bonds is 4. The number of anilines is 2. The number of fused-ring (bicyclic) bond motifs is 3. The number of benzene rings is 2. The third-order valence-corrected chi connectivity index (χ3v) is 8.34. The van der Waals surface area contributed by atoms with E-state index in [4.69, 9.17) is 15.2 Å². The number of nitrogens with one attached hydrogen (secondary N) is 1. The molecular formula is C29H28N6OS. The van der Waals surface area contributed by atoms with Gasteiger partial charge in [-0.2, -0.15) is 5.26 Å². The van der Waals surface area contributed by atoms with Gasteiger partial charge in [0, 0.05) is 43.2 Å².